The van der Waals surface area contributed by atoms with Gasteiger partial charge in [-0.25, -0.2) is 26.7 Å². The average molecular weight is 518 g/mol. The van der Waals surface area contributed by atoms with Crippen LogP contribution in [0.25, 0.3) is 5.57 Å². The topological polar surface area (TPSA) is 26.3 Å². The number of carbonyl (C=O) groups is 1. The molecule has 0 saturated carbocycles. The normalized spacial score (nSPS) is 15.5. The molecule has 4 rings (SSSR count). The fourth-order valence-electron chi connectivity index (χ4n) is 4.56. The smallest absolute Gasteiger partial charge is 0.346 e. The molecule has 8 heteroatoms. The highest BCUT2D eigenvalue weighted by Gasteiger charge is 2.27. The molecule has 0 spiro atoms. The van der Waals surface area contributed by atoms with Gasteiger partial charge >= 0.3 is 5.97 Å². The number of carbonyl (C=O) groups excluding carboxylic acids is 1. The number of aryl methyl sites for hydroxylation is 2. The molecule has 0 radical (unpaired) electrons. The van der Waals surface area contributed by atoms with Crippen molar-refractivity contribution in [3.05, 3.63) is 105 Å². The van der Waals surface area contributed by atoms with E-state index in [0.717, 1.165) is 12.1 Å². The van der Waals surface area contributed by atoms with Gasteiger partial charge in [-0.15, -0.1) is 0 Å². The molecular weight excluding hydrogens is 494 g/mol. The quantitative estimate of drug-likeness (QED) is 0.186. The van der Waals surface area contributed by atoms with Crippen molar-refractivity contribution in [3.63, 3.8) is 0 Å². The van der Waals surface area contributed by atoms with E-state index in [2.05, 4.69) is 0 Å². The Kier molecular flexibility index (Phi) is 7.76. The van der Waals surface area contributed by atoms with Gasteiger partial charge in [-0.05, 0) is 72.9 Å². The summed E-state index contributed by atoms with van der Waals surface area (Å²) in [4.78, 5) is 12.4. The molecule has 0 aliphatic heterocycles. The van der Waals surface area contributed by atoms with Crippen LogP contribution in [-0.2, 0) is 6.42 Å². The number of hydrogen-bond donors (Lipinski definition) is 0. The Morgan fingerprint density at radius 2 is 1.62 bits per heavy atom. The third kappa shape index (κ3) is 5.15. The summed E-state index contributed by atoms with van der Waals surface area (Å²) < 4.78 is 91.4. The summed E-state index contributed by atoms with van der Waals surface area (Å²) in [6.07, 6.45) is 3.44. The first-order valence-electron chi connectivity index (χ1n) is 11.9. The molecule has 194 valence electrons. The van der Waals surface area contributed by atoms with E-state index in [1.54, 1.807) is 13.0 Å². The van der Waals surface area contributed by atoms with E-state index in [9.17, 15) is 31.1 Å². The SMILES string of the molecule is CCCc1ccc(OC(=O)c2ccc(C3=CCC(c4ccc(C)c(F)c4F)CC3)c(F)c2F)c(F)c1F. The third-order valence-electron chi connectivity index (χ3n) is 6.65. The summed E-state index contributed by atoms with van der Waals surface area (Å²) in [6, 6.07) is 7.58. The van der Waals surface area contributed by atoms with Crippen LogP contribution in [0.3, 0.4) is 0 Å². The van der Waals surface area contributed by atoms with Gasteiger partial charge in [0.15, 0.2) is 34.8 Å². The maximum absolute atomic E-state index is 14.9. The van der Waals surface area contributed by atoms with Gasteiger partial charge in [0, 0.05) is 5.56 Å². The highest BCUT2D eigenvalue weighted by molar-refractivity contribution is 5.92. The van der Waals surface area contributed by atoms with Crippen LogP contribution in [0.15, 0.2) is 42.5 Å². The van der Waals surface area contributed by atoms with E-state index < -0.39 is 52.2 Å². The number of allylic oxidation sites excluding steroid dienone is 2. The second-order valence-electron chi connectivity index (χ2n) is 9.08. The van der Waals surface area contributed by atoms with Crippen molar-refractivity contribution in [1.82, 2.24) is 0 Å². The Bertz CT molecular complexity index is 1400. The van der Waals surface area contributed by atoms with Crippen molar-refractivity contribution >= 4 is 11.5 Å². The molecule has 0 fully saturated rings. The van der Waals surface area contributed by atoms with Crippen molar-refractivity contribution in [2.75, 3.05) is 0 Å². The molecule has 2 nitrogen and oxygen atoms in total. The number of benzene rings is 3. The lowest BCUT2D eigenvalue weighted by Gasteiger charge is -2.23. The van der Waals surface area contributed by atoms with Gasteiger partial charge in [0.2, 0.25) is 5.82 Å². The maximum atomic E-state index is 14.9. The number of esters is 1. The third-order valence-corrected chi connectivity index (χ3v) is 6.65. The zero-order chi connectivity index (χ0) is 26.9. The Labute approximate surface area is 210 Å². The van der Waals surface area contributed by atoms with Gasteiger partial charge in [0.1, 0.15) is 0 Å². The molecule has 1 aliphatic rings. The van der Waals surface area contributed by atoms with E-state index in [0.29, 0.717) is 24.8 Å². The van der Waals surface area contributed by atoms with Crippen molar-refractivity contribution in [3.8, 4) is 5.75 Å². The molecule has 3 aromatic rings. The van der Waals surface area contributed by atoms with Crippen LogP contribution >= 0.6 is 0 Å². The van der Waals surface area contributed by atoms with Gasteiger partial charge in [-0.3, -0.25) is 0 Å². The molecule has 1 aliphatic carbocycles. The minimum Gasteiger partial charge on any atom is -0.420 e. The molecule has 0 bridgehead atoms. The summed E-state index contributed by atoms with van der Waals surface area (Å²) in [5.74, 6) is -9.56. The van der Waals surface area contributed by atoms with Crippen LogP contribution < -0.4 is 4.74 Å². The first-order chi connectivity index (χ1) is 17.6. The first kappa shape index (κ1) is 26.5. The largest absolute Gasteiger partial charge is 0.420 e. The fraction of sp³-hybridized carbons (Fsp3) is 0.276. The van der Waals surface area contributed by atoms with Crippen molar-refractivity contribution in [2.45, 2.75) is 51.9 Å². The maximum Gasteiger partial charge on any atom is 0.346 e. The van der Waals surface area contributed by atoms with E-state index in [-0.39, 0.29) is 41.0 Å². The van der Waals surface area contributed by atoms with Crippen LogP contribution in [0, 0.1) is 41.8 Å². The lowest BCUT2D eigenvalue weighted by molar-refractivity contribution is 0.0720. The molecule has 3 aromatic carbocycles. The number of rotatable bonds is 6. The summed E-state index contributed by atoms with van der Waals surface area (Å²) >= 11 is 0. The fourth-order valence-corrected chi connectivity index (χ4v) is 4.56. The van der Waals surface area contributed by atoms with Gasteiger partial charge in [0.25, 0.3) is 0 Å². The van der Waals surface area contributed by atoms with Crippen molar-refractivity contribution < 1.29 is 35.9 Å². The van der Waals surface area contributed by atoms with Crippen LogP contribution in [0.4, 0.5) is 26.3 Å². The Morgan fingerprint density at radius 3 is 2.30 bits per heavy atom. The summed E-state index contributed by atoms with van der Waals surface area (Å²) in [5.41, 5.74) is 0.148. The van der Waals surface area contributed by atoms with E-state index in [1.165, 1.54) is 31.2 Å². The standard InChI is InChI=1S/C29H24F6O2/c1-3-4-18-10-14-22(28(35)24(18)31)37-29(36)21-13-12-20(26(33)27(21)34)17-8-6-16(7-9-17)19-11-5-15(2)23(30)25(19)32/h5,8,10-14,16H,3-4,6-7,9H2,1-2H3. The molecule has 37 heavy (non-hydrogen) atoms. The molecule has 0 saturated heterocycles. The number of ether oxygens (including phenoxy) is 1. The lowest BCUT2D eigenvalue weighted by atomic mass is 9.82. The molecule has 1 atom stereocenters. The zero-order valence-electron chi connectivity index (χ0n) is 20.2. The highest BCUT2D eigenvalue weighted by atomic mass is 19.2. The summed E-state index contributed by atoms with van der Waals surface area (Å²) in [6.45, 7) is 3.26. The molecular formula is C29H24F6O2. The van der Waals surface area contributed by atoms with Gasteiger partial charge in [0.05, 0.1) is 5.56 Å². The van der Waals surface area contributed by atoms with Gasteiger partial charge in [-0.1, -0.05) is 43.7 Å². The molecule has 0 N–H and O–H groups in total. The molecule has 0 amide bonds. The van der Waals surface area contributed by atoms with Crippen LogP contribution in [-0.4, -0.2) is 5.97 Å². The van der Waals surface area contributed by atoms with E-state index in [4.69, 9.17) is 4.74 Å². The monoisotopic (exact) mass is 518 g/mol. The lowest BCUT2D eigenvalue weighted by Crippen LogP contribution is -2.14. The second kappa shape index (κ2) is 10.8. The van der Waals surface area contributed by atoms with Gasteiger partial charge < -0.3 is 4.74 Å². The summed E-state index contributed by atoms with van der Waals surface area (Å²) in [5, 5.41) is 0. The van der Waals surface area contributed by atoms with Crippen LogP contribution in [0.2, 0.25) is 0 Å². The molecule has 0 aromatic heterocycles. The minimum atomic E-state index is -1.49. The highest BCUT2D eigenvalue weighted by Crippen LogP contribution is 2.39. The minimum absolute atomic E-state index is 0.0794. The predicted molar refractivity (Wildman–Crippen MR) is 127 cm³/mol. The van der Waals surface area contributed by atoms with Crippen molar-refractivity contribution in [2.24, 2.45) is 0 Å². The van der Waals surface area contributed by atoms with Crippen LogP contribution in [0.1, 0.15) is 71.1 Å². The van der Waals surface area contributed by atoms with Crippen molar-refractivity contribution in [1.29, 1.82) is 0 Å². The average Bonchev–Trinajstić information content (AvgIpc) is 2.89. The Balaban J connectivity index is 1.53. The molecule has 0 heterocycles. The van der Waals surface area contributed by atoms with E-state index >= 15 is 0 Å². The number of hydrogen-bond acceptors (Lipinski definition) is 2. The Hall–Kier alpha value is -3.55. The summed E-state index contributed by atoms with van der Waals surface area (Å²) in [7, 11) is 0. The second-order valence-corrected chi connectivity index (χ2v) is 9.08. The molecule has 1 unspecified atom stereocenters. The predicted octanol–water partition coefficient (Wildman–Crippen LogP) is 8.35. The number of halogens is 6. The zero-order valence-corrected chi connectivity index (χ0v) is 20.2. The van der Waals surface area contributed by atoms with E-state index in [1.807, 2.05) is 0 Å². The van der Waals surface area contributed by atoms with Crippen LogP contribution in [0.5, 0.6) is 5.75 Å². The first-order valence-corrected chi connectivity index (χ1v) is 11.9. The Morgan fingerprint density at radius 1 is 0.865 bits per heavy atom. The van der Waals surface area contributed by atoms with Gasteiger partial charge in [-0.2, -0.15) is 4.39 Å².